The maximum atomic E-state index is 6.74. The Morgan fingerprint density at radius 2 is 1.19 bits per heavy atom. The van der Waals surface area contributed by atoms with E-state index in [-0.39, 0.29) is 31.9 Å². The molecule has 0 radical (unpaired) electrons. The Kier molecular flexibility index (Phi) is 10.8. The van der Waals surface area contributed by atoms with Gasteiger partial charge in [0, 0.05) is 67.5 Å². The minimum absolute atomic E-state index is 0. The Bertz CT molecular complexity index is 3170. The summed E-state index contributed by atoms with van der Waals surface area (Å²) in [6.45, 7) is 9.05. The van der Waals surface area contributed by atoms with Gasteiger partial charge in [-0.25, -0.2) is 4.98 Å². The zero-order valence-electron chi connectivity index (χ0n) is 35.0. The molecule has 10 aromatic rings. The van der Waals surface area contributed by atoms with Gasteiger partial charge in [-0.3, -0.25) is 4.57 Å². The molecule has 5 nitrogen and oxygen atoms in total. The van der Waals surface area contributed by atoms with Crippen LogP contribution < -0.4 is 9.30 Å². The second kappa shape index (κ2) is 16.6. The normalized spacial score (nSPS) is 11.7. The summed E-state index contributed by atoms with van der Waals surface area (Å²) >= 11 is 0. The summed E-state index contributed by atoms with van der Waals surface area (Å²) in [5.41, 5.74) is 10.4. The molecule has 0 amide bonds. The number of imidazole rings is 1. The quantitative estimate of drug-likeness (QED) is 0.101. The SMILES string of the molecule is CC(C)(c1ccccc1)c1cccc(-[n+]2[c-]n(-c3[c-]c(Oc4[c-]c5c(cc4)c4ccccc4n5-c4cc(C(C)(C)c5ccccc5)ccn4)cc(-c4ccccc4)c3)cc2)c1.[Pt]. The summed E-state index contributed by atoms with van der Waals surface area (Å²) in [6.07, 6.45) is 9.50. The Morgan fingerprint density at radius 3 is 1.92 bits per heavy atom. The molecule has 0 saturated heterocycles. The van der Waals surface area contributed by atoms with E-state index in [0.29, 0.717) is 11.5 Å². The molecule has 3 aromatic heterocycles. The number of para-hydroxylation sites is 1. The first-order chi connectivity index (χ1) is 29.7. The zero-order chi connectivity index (χ0) is 41.6. The second-order valence-electron chi connectivity index (χ2n) is 16.6. The fourth-order valence-corrected chi connectivity index (χ4v) is 8.41. The summed E-state index contributed by atoms with van der Waals surface area (Å²) in [7, 11) is 0. The van der Waals surface area contributed by atoms with E-state index in [1.807, 2.05) is 45.9 Å². The summed E-state index contributed by atoms with van der Waals surface area (Å²) in [5.74, 6) is 1.97. The van der Waals surface area contributed by atoms with Crippen molar-refractivity contribution >= 4 is 21.8 Å². The molecule has 0 aliphatic carbocycles. The minimum atomic E-state index is -0.229. The number of rotatable bonds is 10. The van der Waals surface area contributed by atoms with Crippen molar-refractivity contribution in [1.82, 2.24) is 14.1 Å². The Morgan fingerprint density at radius 1 is 0.548 bits per heavy atom. The van der Waals surface area contributed by atoms with Crippen LogP contribution in [0.3, 0.4) is 0 Å². The number of pyridine rings is 1. The van der Waals surface area contributed by atoms with Gasteiger partial charge in [0.15, 0.2) is 0 Å². The average molecular weight is 984 g/mol. The molecule has 3 heterocycles. The third kappa shape index (κ3) is 7.59. The Hall–Kier alpha value is -6.81. The Balaban J connectivity index is 0.00000490. The van der Waals surface area contributed by atoms with Gasteiger partial charge < -0.3 is 13.9 Å². The number of ether oxygens (including phenoxy) is 1. The van der Waals surface area contributed by atoms with Gasteiger partial charge in [-0.1, -0.05) is 155 Å². The summed E-state index contributed by atoms with van der Waals surface area (Å²) in [4.78, 5) is 4.94. The molecule has 62 heavy (non-hydrogen) atoms. The van der Waals surface area contributed by atoms with Crippen molar-refractivity contribution in [2.24, 2.45) is 0 Å². The molecule has 0 aliphatic rings. The molecule has 0 saturated carbocycles. The molecule has 0 aliphatic heterocycles. The smallest absolute Gasteiger partial charge is 0.267 e. The Labute approximate surface area is 377 Å². The van der Waals surface area contributed by atoms with Crippen LogP contribution in [0.5, 0.6) is 11.5 Å². The molecule has 0 bridgehead atoms. The molecule has 6 heteroatoms. The second-order valence-corrected chi connectivity index (χ2v) is 16.6. The van der Waals surface area contributed by atoms with Crippen LogP contribution in [0, 0.1) is 18.5 Å². The van der Waals surface area contributed by atoms with Crippen molar-refractivity contribution in [2.75, 3.05) is 0 Å². The van der Waals surface area contributed by atoms with Crippen molar-refractivity contribution in [3.8, 4) is 39.8 Å². The van der Waals surface area contributed by atoms with Crippen LogP contribution in [-0.4, -0.2) is 14.1 Å². The molecular formula is C56H44N4OPt-2. The minimum Gasteiger partial charge on any atom is -0.510 e. The number of hydrogen-bond donors (Lipinski definition) is 0. The van der Waals surface area contributed by atoms with Crippen LogP contribution in [0.1, 0.15) is 49.9 Å². The zero-order valence-corrected chi connectivity index (χ0v) is 37.3. The number of fused-ring (bicyclic) bond motifs is 3. The molecule has 0 unspecified atom stereocenters. The van der Waals surface area contributed by atoms with Gasteiger partial charge in [0.25, 0.3) is 6.33 Å². The van der Waals surface area contributed by atoms with Crippen LogP contribution in [0.15, 0.2) is 195 Å². The molecule has 0 atom stereocenters. The molecule has 306 valence electrons. The monoisotopic (exact) mass is 983 g/mol. The molecule has 0 fully saturated rings. The maximum absolute atomic E-state index is 6.74. The van der Waals surface area contributed by atoms with E-state index < -0.39 is 0 Å². The number of benzene rings is 7. The van der Waals surface area contributed by atoms with E-state index in [2.05, 4.69) is 208 Å². The molecule has 0 spiro atoms. The van der Waals surface area contributed by atoms with Crippen molar-refractivity contribution in [2.45, 2.75) is 38.5 Å². The molecule has 7 aromatic carbocycles. The van der Waals surface area contributed by atoms with E-state index in [4.69, 9.17) is 9.72 Å². The summed E-state index contributed by atoms with van der Waals surface area (Å²) in [5, 5.41) is 2.20. The van der Waals surface area contributed by atoms with Crippen LogP contribution in [-0.2, 0) is 31.9 Å². The van der Waals surface area contributed by atoms with Crippen molar-refractivity contribution < 1.29 is 30.4 Å². The fourth-order valence-electron chi connectivity index (χ4n) is 8.41. The first kappa shape index (κ1) is 40.6. The first-order valence-corrected chi connectivity index (χ1v) is 20.7. The van der Waals surface area contributed by atoms with Gasteiger partial charge in [-0.2, -0.15) is 12.1 Å². The van der Waals surface area contributed by atoms with E-state index in [1.165, 1.54) is 22.3 Å². The number of hydrogen-bond acceptors (Lipinski definition) is 2. The predicted molar refractivity (Wildman–Crippen MR) is 245 cm³/mol. The van der Waals surface area contributed by atoms with Gasteiger partial charge in [0.2, 0.25) is 0 Å². The molecule has 10 rings (SSSR count). The number of aromatic nitrogens is 4. The predicted octanol–water partition coefficient (Wildman–Crippen LogP) is 12.8. The van der Waals surface area contributed by atoms with E-state index in [1.54, 1.807) is 0 Å². The van der Waals surface area contributed by atoms with E-state index in [0.717, 1.165) is 50.1 Å². The fraction of sp³-hybridized carbons (Fsp3) is 0.107. The van der Waals surface area contributed by atoms with Crippen LogP contribution in [0.4, 0.5) is 0 Å². The van der Waals surface area contributed by atoms with Crippen LogP contribution in [0.2, 0.25) is 0 Å². The van der Waals surface area contributed by atoms with Gasteiger partial charge in [0.05, 0.1) is 5.69 Å². The van der Waals surface area contributed by atoms with Gasteiger partial charge in [-0.05, 0) is 69.2 Å². The van der Waals surface area contributed by atoms with Crippen LogP contribution >= 0.6 is 0 Å². The maximum Gasteiger partial charge on any atom is 0.267 e. The van der Waals surface area contributed by atoms with Gasteiger partial charge >= 0.3 is 0 Å². The average Bonchev–Trinajstić information content (AvgIpc) is 3.94. The topological polar surface area (TPSA) is 35.9 Å². The van der Waals surface area contributed by atoms with Gasteiger partial charge in [0.1, 0.15) is 5.82 Å². The van der Waals surface area contributed by atoms with Gasteiger partial charge in [-0.15, -0.1) is 35.2 Å². The number of nitrogens with zero attached hydrogens (tertiary/aromatic N) is 4. The molecule has 0 N–H and O–H groups in total. The summed E-state index contributed by atoms with van der Waals surface area (Å²) < 4.78 is 12.9. The van der Waals surface area contributed by atoms with E-state index >= 15 is 0 Å². The van der Waals surface area contributed by atoms with Crippen LogP contribution in [0.25, 0.3) is 50.1 Å². The third-order valence-electron chi connectivity index (χ3n) is 12.1. The van der Waals surface area contributed by atoms with E-state index in [9.17, 15) is 0 Å². The standard InChI is InChI=1S/C56H44N4O.Pt/c1-55(2,42-19-10-6-11-20-42)44-23-16-24-46(35-44)58-31-32-59(39-58)47-33-41(40-17-8-5-9-18-40)34-49(37-47)61-48-27-28-51-50-25-14-15-26-52(50)60(53(51)38-48)54-36-45(29-30-57-54)56(3,4)43-21-12-7-13-22-43;/h5-36H,1-4H3;/q-2;. The largest absolute Gasteiger partial charge is 0.510 e. The molecular weight excluding hydrogens is 940 g/mol. The third-order valence-corrected chi connectivity index (χ3v) is 12.1. The van der Waals surface area contributed by atoms with Crippen molar-refractivity contribution in [3.05, 3.63) is 235 Å². The first-order valence-electron chi connectivity index (χ1n) is 20.7. The summed E-state index contributed by atoms with van der Waals surface area (Å²) in [6, 6.07) is 68.6. The van der Waals surface area contributed by atoms with Crippen molar-refractivity contribution in [3.63, 3.8) is 0 Å². The van der Waals surface area contributed by atoms with Crippen molar-refractivity contribution in [1.29, 1.82) is 0 Å².